The number of benzene rings is 3. The smallest absolute Gasteiger partial charge is 0.0436 e. The molecule has 0 radical (unpaired) electrons. The third-order valence-electron chi connectivity index (χ3n) is 4.83. The second-order valence-electron chi connectivity index (χ2n) is 5.95. The van der Waals surface area contributed by atoms with Crippen LogP contribution in [-0.2, 0) is 0 Å². The van der Waals surface area contributed by atoms with E-state index in [2.05, 4.69) is 63.4 Å². The van der Waals surface area contributed by atoms with Crippen LogP contribution in [0.2, 0.25) is 0 Å². The van der Waals surface area contributed by atoms with Gasteiger partial charge in [0.15, 0.2) is 0 Å². The summed E-state index contributed by atoms with van der Waals surface area (Å²) in [7, 11) is 0. The second-order valence-corrected chi connectivity index (χ2v) is 7.00. The summed E-state index contributed by atoms with van der Waals surface area (Å²) < 4.78 is 2.73. The fraction of sp³-hybridized carbons (Fsp3) is 0.0909. The minimum atomic E-state index is 1.20. The highest BCUT2D eigenvalue weighted by molar-refractivity contribution is 7.26. The van der Waals surface area contributed by atoms with Crippen LogP contribution in [-0.4, -0.2) is 0 Å². The average Bonchev–Trinajstić information content (AvgIpc) is 2.95. The molecule has 0 unspecified atom stereocenters. The molecule has 23 heavy (non-hydrogen) atoms. The average molecular weight is 314 g/mol. The quantitative estimate of drug-likeness (QED) is 0.370. The molecule has 0 saturated carbocycles. The Kier molecular flexibility index (Phi) is 3.14. The zero-order chi connectivity index (χ0) is 16.1. The largest absolute Gasteiger partial charge is 0.135 e. The molecule has 0 aliphatic rings. The molecule has 1 aromatic heterocycles. The van der Waals surface area contributed by atoms with Gasteiger partial charge in [-0.25, -0.2) is 0 Å². The predicted octanol–water partition coefficient (Wildman–Crippen LogP) is 7.11. The molecule has 1 heteroatoms. The van der Waals surface area contributed by atoms with Gasteiger partial charge < -0.3 is 0 Å². The lowest BCUT2D eigenvalue weighted by Gasteiger charge is -2.15. The van der Waals surface area contributed by atoms with Crippen LogP contribution < -0.4 is 0 Å². The Morgan fingerprint density at radius 1 is 0.783 bits per heavy atom. The van der Waals surface area contributed by atoms with Crippen molar-refractivity contribution in [1.29, 1.82) is 0 Å². The first kappa shape index (κ1) is 14.2. The molecule has 3 aromatic carbocycles. The first-order valence-electron chi connectivity index (χ1n) is 7.79. The maximum atomic E-state index is 4.03. The number of aryl methyl sites for hydroxylation is 2. The Morgan fingerprint density at radius 3 is 2.17 bits per heavy atom. The monoisotopic (exact) mass is 314 g/mol. The minimum Gasteiger partial charge on any atom is -0.135 e. The predicted molar refractivity (Wildman–Crippen MR) is 106 cm³/mol. The normalized spacial score (nSPS) is 11.4. The molecule has 0 atom stereocenters. The van der Waals surface area contributed by atoms with Gasteiger partial charge in [-0.15, -0.1) is 11.3 Å². The van der Waals surface area contributed by atoms with E-state index in [0.29, 0.717) is 0 Å². The molecule has 0 spiro atoms. The summed E-state index contributed by atoms with van der Waals surface area (Å²) in [5.41, 5.74) is 4.99. The summed E-state index contributed by atoms with van der Waals surface area (Å²) >= 11 is 1.89. The van der Waals surface area contributed by atoms with Crippen molar-refractivity contribution >= 4 is 54.4 Å². The van der Waals surface area contributed by atoms with E-state index in [1.807, 2.05) is 23.5 Å². The Bertz CT molecular complexity index is 1110. The van der Waals surface area contributed by atoms with E-state index in [-0.39, 0.29) is 0 Å². The van der Waals surface area contributed by atoms with Gasteiger partial charge in [0, 0.05) is 25.6 Å². The summed E-state index contributed by atoms with van der Waals surface area (Å²) in [6.07, 6.45) is 3.92. The van der Waals surface area contributed by atoms with E-state index in [1.54, 1.807) is 0 Å². The third kappa shape index (κ3) is 1.83. The molecule has 0 saturated heterocycles. The molecular formula is C22H18S. The fourth-order valence-corrected chi connectivity index (χ4v) is 4.99. The van der Waals surface area contributed by atoms with E-state index in [0.717, 1.165) is 0 Å². The number of fused-ring (bicyclic) bond motifs is 5. The molecular weight excluding hydrogens is 296 g/mol. The van der Waals surface area contributed by atoms with Gasteiger partial charge in [-0.05, 0) is 47.6 Å². The van der Waals surface area contributed by atoms with Crippen LogP contribution in [0.5, 0.6) is 0 Å². The van der Waals surface area contributed by atoms with Gasteiger partial charge in [0.25, 0.3) is 0 Å². The van der Waals surface area contributed by atoms with Gasteiger partial charge in [-0.1, -0.05) is 55.6 Å². The molecule has 0 N–H and O–H groups in total. The van der Waals surface area contributed by atoms with Crippen molar-refractivity contribution in [2.75, 3.05) is 0 Å². The van der Waals surface area contributed by atoms with Gasteiger partial charge in [0.1, 0.15) is 0 Å². The van der Waals surface area contributed by atoms with Crippen molar-refractivity contribution in [2.24, 2.45) is 0 Å². The minimum absolute atomic E-state index is 1.20. The maximum Gasteiger partial charge on any atom is 0.0436 e. The second kappa shape index (κ2) is 5.07. The van der Waals surface area contributed by atoms with Crippen LogP contribution in [0.4, 0.5) is 0 Å². The molecule has 0 aliphatic heterocycles. The number of rotatable bonds is 2. The maximum absolute atomic E-state index is 4.03. The lowest BCUT2D eigenvalue weighted by Crippen LogP contribution is -1.94. The first-order chi connectivity index (χ1) is 11.2. The van der Waals surface area contributed by atoms with Crippen molar-refractivity contribution in [1.82, 2.24) is 0 Å². The Morgan fingerprint density at radius 2 is 1.43 bits per heavy atom. The van der Waals surface area contributed by atoms with Crippen molar-refractivity contribution in [3.63, 3.8) is 0 Å². The van der Waals surface area contributed by atoms with E-state index < -0.39 is 0 Å². The SMILES string of the molecule is C=Cc1c(C=C)c(C)c2c(ccc3c4ccccc4sc32)c1C. The Labute approximate surface area is 140 Å². The number of thiophene rings is 1. The number of hydrogen-bond acceptors (Lipinski definition) is 1. The fourth-order valence-electron chi connectivity index (χ4n) is 3.68. The molecule has 0 nitrogen and oxygen atoms in total. The summed E-state index contributed by atoms with van der Waals surface area (Å²) in [5.74, 6) is 0. The van der Waals surface area contributed by atoms with E-state index in [9.17, 15) is 0 Å². The molecule has 0 fully saturated rings. The summed E-state index contributed by atoms with van der Waals surface area (Å²) in [4.78, 5) is 0. The molecule has 0 amide bonds. The van der Waals surface area contributed by atoms with E-state index >= 15 is 0 Å². The highest BCUT2D eigenvalue weighted by Gasteiger charge is 2.15. The van der Waals surface area contributed by atoms with Gasteiger partial charge >= 0.3 is 0 Å². The molecule has 4 aromatic rings. The molecule has 0 bridgehead atoms. The molecule has 1 heterocycles. The third-order valence-corrected chi connectivity index (χ3v) is 6.04. The highest BCUT2D eigenvalue weighted by atomic mass is 32.1. The van der Waals surface area contributed by atoms with Crippen molar-refractivity contribution in [2.45, 2.75) is 13.8 Å². The van der Waals surface area contributed by atoms with Gasteiger partial charge in [-0.3, -0.25) is 0 Å². The first-order valence-corrected chi connectivity index (χ1v) is 8.61. The molecule has 4 rings (SSSR count). The van der Waals surface area contributed by atoms with Crippen LogP contribution in [0.15, 0.2) is 49.6 Å². The van der Waals surface area contributed by atoms with Crippen LogP contribution >= 0.6 is 11.3 Å². The lowest BCUT2D eigenvalue weighted by molar-refractivity contribution is 1.42. The van der Waals surface area contributed by atoms with Gasteiger partial charge in [0.05, 0.1) is 0 Å². The van der Waals surface area contributed by atoms with Crippen molar-refractivity contribution < 1.29 is 0 Å². The lowest BCUT2D eigenvalue weighted by atomic mass is 9.89. The van der Waals surface area contributed by atoms with Gasteiger partial charge in [-0.2, -0.15) is 0 Å². The Hall–Kier alpha value is -2.38. The Balaban J connectivity index is 2.33. The summed E-state index contributed by atoms with van der Waals surface area (Å²) in [6, 6.07) is 13.2. The summed E-state index contributed by atoms with van der Waals surface area (Å²) in [5, 5.41) is 5.38. The van der Waals surface area contributed by atoms with Gasteiger partial charge in [0.2, 0.25) is 0 Å². The van der Waals surface area contributed by atoms with Crippen LogP contribution in [0.3, 0.4) is 0 Å². The zero-order valence-corrected chi connectivity index (χ0v) is 14.3. The van der Waals surface area contributed by atoms with Crippen LogP contribution in [0.25, 0.3) is 43.1 Å². The highest BCUT2D eigenvalue weighted by Crippen LogP contribution is 2.42. The van der Waals surface area contributed by atoms with Crippen LogP contribution in [0, 0.1) is 13.8 Å². The molecule has 0 aliphatic carbocycles. The standard InChI is InChI=1S/C22H18S/c1-5-15-13(3)17-11-12-19-18-9-7-8-10-20(18)23-22(19)21(17)14(4)16(15)6-2/h5-12H,1-2H2,3-4H3. The van der Waals surface area contributed by atoms with E-state index in [4.69, 9.17) is 0 Å². The topological polar surface area (TPSA) is 0 Å². The van der Waals surface area contributed by atoms with Crippen molar-refractivity contribution in [3.8, 4) is 0 Å². The van der Waals surface area contributed by atoms with E-state index in [1.165, 1.54) is 53.2 Å². The molecule has 112 valence electrons. The number of hydrogen-bond donors (Lipinski definition) is 0. The van der Waals surface area contributed by atoms with Crippen molar-refractivity contribution in [3.05, 3.63) is 71.8 Å². The summed E-state index contributed by atoms with van der Waals surface area (Å²) in [6.45, 7) is 12.4. The van der Waals surface area contributed by atoms with Crippen LogP contribution in [0.1, 0.15) is 22.3 Å². The zero-order valence-electron chi connectivity index (χ0n) is 13.4.